The minimum absolute atomic E-state index is 0.152. The Kier molecular flexibility index (Phi) is 4.08. The molecular weight excluding hydrogens is 302 g/mol. The molecule has 0 spiro atoms. The molecule has 1 aromatic carbocycles. The van der Waals surface area contributed by atoms with Crippen LogP contribution in [0.5, 0.6) is 0 Å². The van der Waals surface area contributed by atoms with E-state index in [0.29, 0.717) is 19.6 Å². The lowest BCUT2D eigenvalue weighted by atomic mass is 10.1. The van der Waals surface area contributed by atoms with Gasteiger partial charge in [-0.3, -0.25) is 15.0 Å². The van der Waals surface area contributed by atoms with Crippen LogP contribution in [0.2, 0.25) is 0 Å². The monoisotopic (exact) mass is 321 g/mol. The maximum Gasteiger partial charge on any atom is 0.407 e. The Morgan fingerprint density at radius 1 is 1.35 bits per heavy atom. The highest BCUT2D eigenvalue weighted by Gasteiger charge is 2.33. The van der Waals surface area contributed by atoms with E-state index in [0.717, 1.165) is 24.1 Å². The van der Waals surface area contributed by atoms with Crippen LogP contribution in [0, 0.1) is 10.1 Å². The zero-order valence-corrected chi connectivity index (χ0v) is 12.6. The first-order valence-electron chi connectivity index (χ1n) is 7.65. The Hall–Kier alpha value is -2.35. The van der Waals surface area contributed by atoms with Crippen LogP contribution in [0.3, 0.4) is 0 Å². The van der Waals surface area contributed by atoms with Crippen LogP contribution in [0.1, 0.15) is 24.3 Å². The van der Waals surface area contributed by atoms with Crippen molar-refractivity contribution in [2.45, 2.75) is 24.8 Å². The molecule has 2 aliphatic rings. The largest absolute Gasteiger partial charge is 0.465 e. The maximum absolute atomic E-state index is 11.2. The van der Waals surface area contributed by atoms with Crippen molar-refractivity contribution in [1.82, 2.24) is 4.90 Å². The van der Waals surface area contributed by atoms with Crippen LogP contribution in [0.4, 0.5) is 16.2 Å². The van der Waals surface area contributed by atoms with Gasteiger partial charge in [-0.2, -0.15) is 0 Å². The Labute approximate surface area is 133 Å². The zero-order valence-electron chi connectivity index (χ0n) is 12.6. The van der Waals surface area contributed by atoms with E-state index in [-0.39, 0.29) is 23.1 Å². The SMILES string of the molecule is O=C(O)N1CCN(c2ccc([N+](=O)[O-])c(C3CC3)c2)C[C@H]1CO. The van der Waals surface area contributed by atoms with Gasteiger partial charge in [0.05, 0.1) is 17.6 Å². The summed E-state index contributed by atoms with van der Waals surface area (Å²) in [4.78, 5) is 25.2. The summed E-state index contributed by atoms with van der Waals surface area (Å²) in [6.07, 6.45) is 0.901. The van der Waals surface area contributed by atoms with Crippen molar-refractivity contribution in [3.8, 4) is 0 Å². The van der Waals surface area contributed by atoms with Gasteiger partial charge in [0, 0.05) is 37.0 Å². The number of aliphatic hydroxyl groups is 1. The van der Waals surface area contributed by atoms with E-state index < -0.39 is 12.1 Å². The highest BCUT2D eigenvalue weighted by atomic mass is 16.6. The molecular formula is C15H19N3O5. The lowest BCUT2D eigenvalue weighted by Crippen LogP contribution is -2.56. The van der Waals surface area contributed by atoms with E-state index in [4.69, 9.17) is 5.11 Å². The number of amides is 1. The lowest BCUT2D eigenvalue weighted by Gasteiger charge is -2.40. The first-order valence-corrected chi connectivity index (χ1v) is 7.65. The summed E-state index contributed by atoms with van der Waals surface area (Å²) in [5.74, 6) is 0.254. The van der Waals surface area contributed by atoms with E-state index in [9.17, 15) is 20.0 Å². The minimum Gasteiger partial charge on any atom is -0.465 e. The summed E-state index contributed by atoms with van der Waals surface area (Å²) in [6.45, 7) is 0.941. The average molecular weight is 321 g/mol. The smallest absolute Gasteiger partial charge is 0.407 e. The summed E-state index contributed by atoms with van der Waals surface area (Å²) in [6, 6.07) is 4.59. The summed E-state index contributed by atoms with van der Waals surface area (Å²) in [5, 5.41) is 29.7. The predicted octanol–water partition coefficient (Wildman–Crippen LogP) is 1.63. The fraction of sp³-hybridized carbons (Fsp3) is 0.533. The number of aliphatic hydroxyl groups excluding tert-OH is 1. The first-order chi connectivity index (χ1) is 11.0. The summed E-state index contributed by atoms with van der Waals surface area (Å²) in [7, 11) is 0. The minimum atomic E-state index is -1.04. The molecule has 0 bridgehead atoms. The molecule has 124 valence electrons. The quantitative estimate of drug-likeness (QED) is 0.645. The normalized spacial score (nSPS) is 21.3. The molecule has 1 aliphatic heterocycles. The van der Waals surface area contributed by atoms with E-state index in [1.54, 1.807) is 6.07 Å². The number of carbonyl (C=O) groups is 1. The van der Waals surface area contributed by atoms with Gasteiger partial charge in [-0.25, -0.2) is 4.79 Å². The van der Waals surface area contributed by atoms with Crippen molar-refractivity contribution in [2.24, 2.45) is 0 Å². The molecule has 8 heteroatoms. The molecule has 0 unspecified atom stereocenters. The number of hydrogen-bond acceptors (Lipinski definition) is 5. The second kappa shape index (κ2) is 6.04. The maximum atomic E-state index is 11.2. The molecule has 8 nitrogen and oxygen atoms in total. The third kappa shape index (κ3) is 3.07. The second-order valence-electron chi connectivity index (χ2n) is 6.03. The second-order valence-corrected chi connectivity index (χ2v) is 6.03. The van der Waals surface area contributed by atoms with Gasteiger partial charge in [-0.1, -0.05) is 0 Å². The Morgan fingerprint density at radius 3 is 2.65 bits per heavy atom. The van der Waals surface area contributed by atoms with E-state index in [2.05, 4.69) is 0 Å². The van der Waals surface area contributed by atoms with E-state index in [1.807, 2.05) is 11.0 Å². The molecule has 1 heterocycles. The molecule has 1 amide bonds. The van der Waals surface area contributed by atoms with Crippen molar-refractivity contribution in [3.63, 3.8) is 0 Å². The van der Waals surface area contributed by atoms with Gasteiger partial charge in [0.25, 0.3) is 5.69 Å². The first kappa shape index (κ1) is 15.5. The molecule has 3 rings (SSSR count). The number of nitro benzene ring substituents is 1. The van der Waals surface area contributed by atoms with Crippen LogP contribution in [-0.4, -0.2) is 58.4 Å². The molecule has 2 fully saturated rings. The fourth-order valence-electron chi connectivity index (χ4n) is 3.12. The standard InChI is InChI=1S/C15H19N3O5/c19-9-12-8-16(5-6-17(12)15(20)21)11-3-4-14(18(22)23)13(7-11)10-1-2-10/h3-4,7,10,12,19H,1-2,5-6,8-9H2,(H,20,21)/t12-/m0/s1. The van der Waals surface area contributed by atoms with Crippen molar-refractivity contribution in [2.75, 3.05) is 31.1 Å². The van der Waals surface area contributed by atoms with Gasteiger partial charge < -0.3 is 15.1 Å². The van der Waals surface area contributed by atoms with E-state index >= 15 is 0 Å². The van der Waals surface area contributed by atoms with E-state index in [1.165, 1.54) is 11.0 Å². The average Bonchev–Trinajstić information content (AvgIpc) is 3.38. The van der Waals surface area contributed by atoms with Gasteiger partial charge in [0.1, 0.15) is 0 Å². The molecule has 1 aliphatic carbocycles. The van der Waals surface area contributed by atoms with Crippen molar-refractivity contribution >= 4 is 17.5 Å². The predicted molar refractivity (Wildman–Crippen MR) is 82.9 cm³/mol. The van der Waals surface area contributed by atoms with Crippen molar-refractivity contribution in [3.05, 3.63) is 33.9 Å². The third-order valence-electron chi connectivity index (χ3n) is 4.53. The van der Waals surface area contributed by atoms with Crippen LogP contribution in [-0.2, 0) is 0 Å². The highest BCUT2D eigenvalue weighted by Crippen LogP contribution is 2.45. The molecule has 1 saturated carbocycles. The van der Waals surface area contributed by atoms with Crippen LogP contribution in [0.15, 0.2) is 18.2 Å². The molecule has 1 atom stereocenters. The van der Waals surface area contributed by atoms with Gasteiger partial charge in [0.15, 0.2) is 0 Å². The Bertz CT molecular complexity index is 632. The Balaban J connectivity index is 1.83. The number of hydrogen-bond donors (Lipinski definition) is 2. The van der Waals surface area contributed by atoms with Gasteiger partial charge in [-0.05, 0) is 30.9 Å². The molecule has 23 heavy (non-hydrogen) atoms. The highest BCUT2D eigenvalue weighted by molar-refractivity contribution is 5.66. The zero-order chi connectivity index (χ0) is 16.6. The number of nitrogens with zero attached hydrogens (tertiary/aromatic N) is 3. The summed E-state index contributed by atoms with van der Waals surface area (Å²) >= 11 is 0. The van der Waals surface area contributed by atoms with Crippen molar-refractivity contribution in [1.29, 1.82) is 0 Å². The molecule has 0 aromatic heterocycles. The molecule has 0 radical (unpaired) electrons. The topological polar surface area (TPSA) is 107 Å². The molecule has 1 aromatic rings. The number of rotatable bonds is 4. The van der Waals surface area contributed by atoms with Gasteiger partial charge >= 0.3 is 6.09 Å². The van der Waals surface area contributed by atoms with Gasteiger partial charge in [-0.15, -0.1) is 0 Å². The fourth-order valence-corrected chi connectivity index (χ4v) is 3.12. The molecule has 1 saturated heterocycles. The van der Waals surface area contributed by atoms with Crippen LogP contribution in [0.25, 0.3) is 0 Å². The summed E-state index contributed by atoms with van der Waals surface area (Å²) < 4.78 is 0. The number of anilines is 1. The van der Waals surface area contributed by atoms with Crippen LogP contribution >= 0.6 is 0 Å². The molecule has 2 N–H and O–H groups in total. The van der Waals surface area contributed by atoms with Gasteiger partial charge in [0.2, 0.25) is 0 Å². The number of nitro groups is 1. The number of carboxylic acid groups (broad SMARTS) is 1. The summed E-state index contributed by atoms with van der Waals surface area (Å²) in [5.41, 5.74) is 1.76. The Morgan fingerprint density at radius 2 is 2.09 bits per heavy atom. The van der Waals surface area contributed by atoms with Crippen LogP contribution < -0.4 is 4.90 Å². The number of piperazine rings is 1. The third-order valence-corrected chi connectivity index (χ3v) is 4.53. The lowest BCUT2D eigenvalue weighted by molar-refractivity contribution is -0.385. The van der Waals surface area contributed by atoms with Crippen molar-refractivity contribution < 1.29 is 19.9 Å². The number of benzene rings is 1.